The summed E-state index contributed by atoms with van der Waals surface area (Å²) in [7, 11) is 1.39. The second-order valence-electron chi connectivity index (χ2n) is 9.66. The highest BCUT2D eigenvalue weighted by molar-refractivity contribution is 6.08. The predicted octanol–water partition coefficient (Wildman–Crippen LogP) is 5.05. The Balaban J connectivity index is 1.51. The third kappa shape index (κ3) is 6.44. The second kappa shape index (κ2) is 12.0. The number of amides is 2. The normalized spacial score (nSPS) is 13.1. The Morgan fingerprint density at radius 1 is 1.11 bits per heavy atom. The molecule has 2 amide bonds. The Kier molecular flexibility index (Phi) is 8.52. The van der Waals surface area contributed by atoms with Crippen LogP contribution in [0.5, 0.6) is 0 Å². The van der Waals surface area contributed by atoms with Gasteiger partial charge in [0.25, 0.3) is 11.8 Å². The molecule has 10 heteroatoms. The lowest BCUT2D eigenvalue weighted by Crippen LogP contribution is -2.31. The van der Waals surface area contributed by atoms with Gasteiger partial charge in [-0.25, -0.2) is 9.37 Å². The van der Waals surface area contributed by atoms with E-state index in [1.54, 1.807) is 31.3 Å². The van der Waals surface area contributed by atoms with Gasteiger partial charge in [0, 0.05) is 30.9 Å². The summed E-state index contributed by atoms with van der Waals surface area (Å²) >= 11 is 0. The number of nitrogens with one attached hydrogen (secondary N) is 2. The molecule has 2 N–H and O–H groups in total. The first kappa shape index (κ1) is 27.0. The van der Waals surface area contributed by atoms with Gasteiger partial charge in [-0.3, -0.25) is 19.4 Å². The number of carbonyl (C=O) groups excluding carboxylic acids is 2. The highest BCUT2D eigenvalue weighted by Crippen LogP contribution is 2.25. The maximum atomic E-state index is 14.3. The quantitative estimate of drug-likeness (QED) is 0.381. The number of rotatable bonds is 9. The largest absolute Gasteiger partial charge is 0.371 e. The molecule has 4 rings (SSSR count). The highest BCUT2D eigenvalue weighted by Gasteiger charge is 2.22. The summed E-state index contributed by atoms with van der Waals surface area (Å²) in [6, 6.07) is 9.34. The number of hydroxylamine groups is 1. The molecular weight excluding hydrogens is 487 g/mol. The zero-order valence-corrected chi connectivity index (χ0v) is 22.1. The van der Waals surface area contributed by atoms with Crippen molar-refractivity contribution in [3.05, 3.63) is 71.4 Å². The van der Waals surface area contributed by atoms with Gasteiger partial charge < -0.3 is 15.5 Å². The Bertz CT molecular complexity index is 1290. The van der Waals surface area contributed by atoms with Gasteiger partial charge in [0.05, 0.1) is 42.1 Å². The third-order valence-corrected chi connectivity index (χ3v) is 6.23. The molecule has 0 unspecified atom stereocenters. The molecule has 1 aliphatic heterocycles. The highest BCUT2D eigenvalue weighted by atomic mass is 19.1. The van der Waals surface area contributed by atoms with Gasteiger partial charge in [-0.05, 0) is 62.1 Å². The molecule has 0 radical (unpaired) electrons. The molecule has 0 saturated carbocycles. The number of hydrogen-bond acceptors (Lipinski definition) is 7. The van der Waals surface area contributed by atoms with Crippen LogP contribution in [0.25, 0.3) is 0 Å². The van der Waals surface area contributed by atoms with E-state index in [-0.39, 0.29) is 11.1 Å². The van der Waals surface area contributed by atoms with Gasteiger partial charge in [-0.2, -0.15) is 5.06 Å². The Morgan fingerprint density at radius 3 is 2.53 bits per heavy atom. The van der Waals surface area contributed by atoms with Crippen LogP contribution in [0.2, 0.25) is 0 Å². The van der Waals surface area contributed by atoms with E-state index in [1.165, 1.54) is 31.5 Å². The first-order valence-corrected chi connectivity index (χ1v) is 12.7. The third-order valence-electron chi connectivity index (χ3n) is 6.23. The van der Waals surface area contributed by atoms with Crippen molar-refractivity contribution < 1.29 is 18.8 Å². The lowest BCUT2D eigenvalue weighted by molar-refractivity contribution is 0.0771. The Labute approximate surface area is 222 Å². The maximum Gasteiger partial charge on any atom is 0.284 e. The van der Waals surface area contributed by atoms with Crippen LogP contribution >= 0.6 is 0 Å². The van der Waals surface area contributed by atoms with E-state index in [4.69, 9.17) is 4.84 Å². The number of pyridine rings is 2. The van der Waals surface area contributed by atoms with Gasteiger partial charge in [-0.1, -0.05) is 13.8 Å². The molecular formula is C28H33FN6O3. The molecule has 3 aromatic rings. The van der Waals surface area contributed by atoms with Gasteiger partial charge in [0.1, 0.15) is 11.6 Å². The zero-order chi connectivity index (χ0) is 27.2. The van der Waals surface area contributed by atoms with Gasteiger partial charge >= 0.3 is 0 Å². The number of anilines is 4. The minimum atomic E-state index is -0.494. The SMILES string of the molecule is CON(C(=O)c1cc(NC(=O)c2cc(F)cc(N3CCCC3)c2)cnc1C)c1ccc(NCC(C)C)nc1. The molecule has 0 atom stereocenters. The number of nitrogens with zero attached hydrogens (tertiary/aromatic N) is 4. The average molecular weight is 521 g/mol. The second-order valence-corrected chi connectivity index (χ2v) is 9.66. The van der Waals surface area contributed by atoms with Crippen molar-refractivity contribution in [3.8, 4) is 0 Å². The molecule has 1 aromatic carbocycles. The summed E-state index contributed by atoms with van der Waals surface area (Å²) in [6.45, 7) is 8.34. The lowest BCUT2D eigenvalue weighted by atomic mass is 10.1. The van der Waals surface area contributed by atoms with E-state index in [0.717, 1.165) is 37.5 Å². The minimum absolute atomic E-state index is 0.191. The molecule has 200 valence electrons. The fraction of sp³-hybridized carbons (Fsp3) is 0.357. The number of carbonyl (C=O) groups is 2. The predicted molar refractivity (Wildman–Crippen MR) is 146 cm³/mol. The fourth-order valence-corrected chi connectivity index (χ4v) is 4.22. The van der Waals surface area contributed by atoms with Crippen molar-refractivity contribution in [1.29, 1.82) is 0 Å². The molecule has 3 heterocycles. The van der Waals surface area contributed by atoms with Crippen LogP contribution in [-0.4, -0.2) is 48.5 Å². The summed E-state index contributed by atoms with van der Waals surface area (Å²) in [5, 5.41) is 7.08. The van der Waals surface area contributed by atoms with Gasteiger partial charge in [0.2, 0.25) is 0 Å². The molecule has 38 heavy (non-hydrogen) atoms. The molecule has 9 nitrogen and oxygen atoms in total. The van der Waals surface area contributed by atoms with Crippen LogP contribution in [0.4, 0.5) is 27.3 Å². The molecule has 2 aromatic heterocycles. The van der Waals surface area contributed by atoms with Crippen LogP contribution < -0.4 is 20.6 Å². The van der Waals surface area contributed by atoms with Crippen LogP contribution in [0, 0.1) is 18.7 Å². The summed E-state index contributed by atoms with van der Waals surface area (Å²) in [4.78, 5) is 42.4. The van der Waals surface area contributed by atoms with E-state index >= 15 is 0 Å². The summed E-state index contributed by atoms with van der Waals surface area (Å²) in [5.41, 5.74) is 2.31. The van der Waals surface area contributed by atoms with Crippen LogP contribution in [-0.2, 0) is 4.84 Å². The molecule has 0 aliphatic carbocycles. The topological polar surface area (TPSA) is 99.7 Å². The number of aromatic nitrogens is 2. The Morgan fingerprint density at radius 2 is 1.87 bits per heavy atom. The summed E-state index contributed by atoms with van der Waals surface area (Å²) < 4.78 is 14.3. The van der Waals surface area contributed by atoms with Crippen molar-refractivity contribution in [2.45, 2.75) is 33.6 Å². The van der Waals surface area contributed by atoms with Gasteiger partial charge in [0.15, 0.2) is 0 Å². The maximum absolute atomic E-state index is 14.3. The number of benzene rings is 1. The average Bonchev–Trinajstić information content (AvgIpc) is 3.44. The van der Waals surface area contributed by atoms with Crippen LogP contribution in [0.3, 0.4) is 0 Å². The van der Waals surface area contributed by atoms with E-state index in [2.05, 4.69) is 39.3 Å². The van der Waals surface area contributed by atoms with Crippen molar-refractivity contribution in [1.82, 2.24) is 9.97 Å². The number of hydrogen-bond donors (Lipinski definition) is 2. The van der Waals surface area contributed by atoms with E-state index in [0.29, 0.717) is 34.5 Å². The molecule has 1 saturated heterocycles. The molecule has 0 bridgehead atoms. The first-order valence-electron chi connectivity index (χ1n) is 12.7. The molecule has 0 spiro atoms. The smallest absolute Gasteiger partial charge is 0.284 e. The molecule has 1 fully saturated rings. The van der Waals surface area contributed by atoms with E-state index < -0.39 is 17.6 Å². The monoisotopic (exact) mass is 520 g/mol. The van der Waals surface area contributed by atoms with Crippen LogP contribution in [0.1, 0.15) is 53.1 Å². The fourth-order valence-electron chi connectivity index (χ4n) is 4.22. The van der Waals surface area contributed by atoms with E-state index in [1.807, 2.05) is 0 Å². The lowest BCUT2D eigenvalue weighted by Gasteiger charge is -2.21. The van der Waals surface area contributed by atoms with Gasteiger partial charge in [-0.15, -0.1) is 0 Å². The molecule has 1 aliphatic rings. The number of halogens is 1. The van der Waals surface area contributed by atoms with Crippen LogP contribution in [0.15, 0.2) is 48.8 Å². The van der Waals surface area contributed by atoms with Crippen molar-refractivity contribution >= 4 is 34.7 Å². The number of aryl methyl sites for hydroxylation is 1. The van der Waals surface area contributed by atoms with Crippen molar-refractivity contribution in [2.24, 2.45) is 5.92 Å². The summed E-state index contributed by atoms with van der Waals surface area (Å²) in [6.07, 6.45) is 5.08. The summed E-state index contributed by atoms with van der Waals surface area (Å²) in [5.74, 6) is -0.289. The minimum Gasteiger partial charge on any atom is -0.371 e. The Hall–Kier alpha value is -4.05. The van der Waals surface area contributed by atoms with E-state index in [9.17, 15) is 14.0 Å². The van der Waals surface area contributed by atoms with Crippen molar-refractivity contribution in [2.75, 3.05) is 47.3 Å². The van der Waals surface area contributed by atoms with Crippen molar-refractivity contribution in [3.63, 3.8) is 0 Å². The standard InChI is InChI=1S/C28H33FN6O3/c1-18(2)15-31-26-8-7-23(17-32-26)35(38-4)28(37)25-14-22(16-30-19(25)3)33-27(36)20-11-21(29)13-24(12-20)34-9-5-6-10-34/h7-8,11-14,16-18H,5-6,9-10,15H2,1-4H3,(H,31,32)(H,33,36). The first-order chi connectivity index (χ1) is 18.2. The zero-order valence-electron chi connectivity index (χ0n) is 22.1.